The average Bonchev–Trinajstić information content (AvgIpc) is 2.70. The Labute approximate surface area is 148 Å². The number of hydrogen-bond donors (Lipinski definition) is 1. The van der Waals surface area contributed by atoms with Gasteiger partial charge in [0.2, 0.25) is 0 Å². The van der Waals surface area contributed by atoms with Crippen molar-refractivity contribution in [3.63, 3.8) is 0 Å². The Morgan fingerprint density at radius 2 is 1.36 bits per heavy atom. The quantitative estimate of drug-likeness (QED) is 0.497. The van der Waals surface area contributed by atoms with Crippen molar-refractivity contribution in [2.45, 2.75) is 0 Å². The van der Waals surface area contributed by atoms with E-state index in [4.69, 9.17) is 4.74 Å². The minimum atomic E-state index is 0.808. The molecule has 3 aromatic carbocycles. The molecule has 124 valence electrons. The van der Waals surface area contributed by atoms with Crippen molar-refractivity contribution in [1.82, 2.24) is 0 Å². The summed E-state index contributed by atoms with van der Waals surface area (Å²) >= 11 is 0. The first-order valence-corrected chi connectivity index (χ1v) is 8.06. The molecule has 0 aliphatic carbocycles. The van der Waals surface area contributed by atoms with Crippen LogP contribution < -0.4 is 10.2 Å². The van der Waals surface area contributed by atoms with Crippen molar-refractivity contribution >= 4 is 17.0 Å². The number of ether oxygens (including phenoxy) is 1. The molecule has 3 aromatic rings. The van der Waals surface area contributed by atoms with Gasteiger partial charge in [0.15, 0.2) is 0 Å². The molecule has 3 nitrogen and oxygen atoms in total. The summed E-state index contributed by atoms with van der Waals surface area (Å²) in [5.41, 5.74) is 7.73. The van der Waals surface area contributed by atoms with Gasteiger partial charge in [0.05, 0.1) is 18.5 Å². The smallest absolute Gasteiger partial charge is 0.119 e. The molecule has 0 aliphatic rings. The summed E-state index contributed by atoms with van der Waals surface area (Å²) in [5, 5.41) is 4.62. The highest BCUT2D eigenvalue weighted by molar-refractivity contribution is 6.31. The Balaban J connectivity index is 1.92. The van der Waals surface area contributed by atoms with Crippen molar-refractivity contribution in [3.05, 3.63) is 103 Å². The molecule has 0 spiro atoms. The highest BCUT2D eigenvalue weighted by Gasteiger charge is 2.10. The number of benzene rings is 3. The molecule has 0 saturated carbocycles. The van der Waals surface area contributed by atoms with Crippen molar-refractivity contribution in [1.29, 1.82) is 0 Å². The van der Waals surface area contributed by atoms with Gasteiger partial charge in [0, 0.05) is 11.1 Å². The monoisotopic (exact) mass is 328 g/mol. The Kier molecular flexibility index (Phi) is 5.27. The van der Waals surface area contributed by atoms with Crippen molar-refractivity contribution in [2.75, 3.05) is 12.5 Å². The molecule has 0 radical (unpaired) electrons. The van der Waals surface area contributed by atoms with E-state index in [1.807, 2.05) is 84.9 Å². The molecule has 0 aromatic heterocycles. The number of allylic oxidation sites excluding steroid dienone is 1. The Morgan fingerprint density at radius 1 is 0.800 bits per heavy atom. The molecule has 25 heavy (non-hydrogen) atoms. The van der Waals surface area contributed by atoms with Gasteiger partial charge in [0.25, 0.3) is 0 Å². The van der Waals surface area contributed by atoms with Gasteiger partial charge >= 0.3 is 0 Å². The largest absolute Gasteiger partial charge is 0.497 e. The summed E-state index contributed by atoms with van der Waals surface area (Å²) in [5.74, 6) is 0.812. The summed E-state index contributed by atoms with van der Waals surface area (Å²) in [7, 11) is 1.65. The second-order valence-electron chi connectivity index (χ2n) is 5.51. The molecule has 0 saturated heterocycles. The maximum atomic E-state index is 5.18. The van der Waals surface area contributed by atoms with E-state index >= 15 is 0 Å². The lowest BCUT2D eigenvalue weighted by atomic mass is 9.97. The van der Waals surface area contributed by atoms with Crippen LogP contribution in [0.3, 0.4) is 0 Å². The zero-order chi connectivity index (χ0) is 17.5. The SMILES string of the molecule is C=C(/C(=N\Nc1ccc(OC)cc1)c1ccccc1)c1ccccc1. The van der Waals surface area contributed by atoms with Gasteiger partial charge in [-0.25, -0.2) is 0 Å². The summed E-state index contributed by atoms with van der Waals surface area (Å²) in [6, 6.07) is 27.8. The third-order valence-corrected chi connectivity index (χ3v) is 3.84. The van der Waals surface area contributed by atoms with Gasteiger partial charge < -0.3 is 4.74 Å². The van der Waals surface area contributed by atoms with E-state index < -0.39 is 0 Å². The van der Waals surface area contributed by atoms with Gasteiger partial charge in [-0.15, -0.1) is 0 Å². The molecule has 0 fully saturated rings. The number of rotatable bonds is 6. The maximum absolute atomic E-state index is 5.18. The standard InChI is InChI=1S/C22H20N2O/c1-17(18-9-5-3-6-10-18)22(19-11-7-4-8-12-19)24-23-20-13-15-21(25-2)16-14-20/h3-16,23H,1H2,2H3/b24-22+. The van der Waals surface area contributed by atoms with E-state index in [-0.39, 0.29) is 0 Å². The zero-order valence-electron chi connectivity index (χ0n) is 14.1. The van der Waals surface area contributed by atoms with Crippen molar-refractivity contribution in [2.24, 2.45) is 5.10 Å². The van der Waals surface area contributed by atoms with Crippen LogP contribution in [0.15, 0.2) is 96.6 Å². The molecule has 0 amide bonds. The van der Waals surface area contributed by atoms with E-state index in [2.05, 4.69) is 17.1 Å². The molecule has 0 bridgehead atoms. The third-order valence-electron chi connectivity index (χ3n) is 3.84. The van der Waals surface area contributed by atoms with E-state index in [9.17, 15) is 0 Å². The van der Waals surface area contributed by atoms with Crippen molar-refractivity contribution in [3.8, 4) is 5.75 Å². The van der Waals surface area contributed by atoms with Crippen LogP contribution in [-0.2, 0) is 0 Å². The average molecular weight is 328 g/mol. The summed E-state index contributed by atoms with van der Waals surface area (Å²) < 4.78 is 5.18. The highest BCUT2D eigenvalue weighted by Crippen LogP contribution is 2.20. The van der Waals surface area contributed by atoms with Gasteiger partial charge in [-0.05, 0) is 29.8 Å². The van der Waals surface area contributed by atoms with Crippen LogP contribution in [0.25, 0.3) is 5.57 Å². The fourth-order valence-corrected chi connectivity index (χ4v) is 2.46. The molecule has 0 unspecified atom stereocenters. The first-order valence-electron chi connectivity index (χ1n) is 8.06. The predicted molar refractivity (Wildman–Crippen MR) is 105 cm³/mol. The minimum Gasteiger partial charge on any atom is -0.497 e. The second-order valence-corrected chi connectivity index (χ2v) is 5.51. The molecule has 1 N–H and O–H groups in total. The molecule has 0 atom stereocenters. The Hall–Kier alpha value is -3.33. The molecule has 3 heteroatoms. The van der Waals surface area contributed by atoms with E-state index in [0.717, 1.165) is 33.8 Å². The lowest BCUT2D eigenvalue weighted by molar-refractivity contribution is 0.415. The van der Waals surface area contributed by atoms with Crippen LogP contribution in [0.5, 0.6) is 5.75 Å². The van der Waals surface area contributed by atoms with E-state index in [1.54, 1.807) is 7.11 Å². The number of nitrogens with one attached hydrogen (secondary N) is 1. The topological polar surface area (TPSA) is 33.6 Å². The Morgan fingerprint density at radius 3 is 1.92 bits per heavy atom. The summed E-state index contributed by atoms with van der Waals surface area (Å²) in [6.07, 6.45) is 0. The second kappa shape index (κ2) is 7.97. The molecular formula is C22H20N2O. The van der Waals surface area contributed by atoms with Crippen LogP contribution >= 0.6 is 0 Å². The maximum Gasteiger partial charge on any atom is 0.119 e. The van der Waals surface area contributed by atoms with E-state index in [0.29, 0.717) is 0 Å². The predicted octanol–water partition coefficient (Wildman–Crippen LogP) is 5.22. The highest BCUT2D eigenvalue weighted by atomic mass is 16.5. The first kappa shape index (κ1) is 16.5. The van der Waals surface area contributed by atoms with Gasteiger partial charge in [-0.2, -0.15) is 5.10 Å². The number of nitrogens with zero attached hydrogens (tertiary/aromatic N) is 1. The fourth-order valence-electron chi connectivity index (χ4n) is 2.46. The summed E-state index contributed by atoms with van der Waals surface area (Å²) in [6.45, 7) is 4.25. The first-order chi connectivity index (χ1) is 12.3. The van der Waals surface area contributed by atoms with Crippen molar-refractivity contribution < 1.29 is 4.74 Å². The van der Waals surface area contributed by atoms with Crippen LogP contribution in [-0.4, -0.2) is 12.8 Å². The molecule has 3 rings (SSSR count). The van der Waals surface area contributed by atoms with Gasteiger partial charge in [-0.1, -0.05) is 67.2 Å². The van der Waals surface area contributed by atoms with Crippen LogP contribution in [0.4, 0.5) is 5.69 Å². The van der Waals surface area contributed by atoms with Crippen LogP contribution in [0.2, 0.25) is 0 Å². The molecular weight excluding hydrogens is 308 g/mol. The third kappa shape index (κ3) is 4.15. The lowest BCUT2D eigenvalue weighted by Gasteiger charge is -2.11. The number of hydrazone groups is 1. The van der Waals surface area contributed by atoms with Crippen LogP contribution in [0, 0.1) is 0 Å². The lowest BCUT2D eigenvalue weighted by Crippen LogP contribution is -2.07. The van der Waals surface area contributed by atoms with E-state index in [1.165, 1.54) is 0 Å². The summed E-state index contributed by atoms with van der Waals surface area (Å²) in [4.78, 5) is 0. The van der Waals surface area contributed by atoms with Crippen LogP contribution in [0.1, 0.15) is 11.1 Å². The zero-order valence-corrected chi connectivity index (χ0v) is 14.1. The number of anilines is 1. The number of hydrogen-bond acceptors (Lipinski definition) is 3. The molecule has 0 aliphatic heterocycles. The fraction of sp³-hybridized carbons (Fsp3) is 0.0455. The molecule has 0 heterocycles. The normalized spacial score (nSPS) is 11.0. The van der Waals surface area contributed by atoms with Gasteiger partial charge in [-0.3, -0.25) is 5.43 Å². The Bertz CT molecular complexity index is 854. The van der Waals surface area contributed by atoms with Gasteiger partial charge in [0.1, 0.15) is 5.75 Å². The number of methoxy groups -OCH3 is 1. The minimum absolute atomic E-state index is 0.808.